The third kappa shape index (κ3) is 1.21. The SMILES string of the molecule is CC1(C#N)CC=CC(F)=N1. The first-order valence-corrected chi connectivity index (χ1v) is 2.99. The quantitative estimate of drug-likeness (QED) is 0.500. The molecule has 0 saturated heterocycles. The maximum Gasteiger partial charge on any atom is 0.209 e. The maximum atomic E-state index is 12.4. The van der Waals surface area contributed by atoms with Crippen molar-refractivity contribution in [1.29, 1.82) is 5.26 Å². The van der Waals surface area contributed by atoms with E-state index in [0.717, 1.165) is 0 Å². The van der Waals surface area contributed by atoms with E-state index in [4.69, 9.17) is 5.26 Å². The maximum absolute atomic E-state index is 12.4. The van der Waals surface area contributed by atoms with Crippen LogP contribution in [0.25, 0.3) is 0 Å². The van der Waals surface area contributed by atoms with Gasteiger partial charge in [0.05, 0.1) is 6.07 Å². The Hall–Kier alpha value is -1.17. The third-order valence-corrected chi connectivity index (χ3v) is 1.37. The van der Waals surface area contributed by atoms with Crippen LogP contribution in [-0.4, -0.2) is 11.5 Å². The lowest BCUT2D eigenvalue weighted by Crippen LogP contribution is -2.21. The highest BCUT2D eigenvalue weighted by molar-refractivity contribution is 5.87. The highest BCUT2D eigenvalue weighted by Gasteiger charge is 2.23. The van der Waals surface area contributed by atoms with Gasteiger partial charge in [0, 0.05) is 6.42 Å². The van der Waals surface area contributed by atoms with Crippen molar-refractivity contribution in [2.24, 2.45) is 4.99 Å². The van der Waals surface area contributed by atoms with Crippen LogP contribution in [0.2, 0.25) is 0 Å². The molecule has 1 atom stereocenters. The van der Waals surface area contributed by atoms with Crippen LogP contribution in [0.15, 0.2) is 17.1 Å². The summed E-state index contributed by atoms with van der Waals surface area (Å²) in [6.45, 7) is 1.61. The van der Waals surface area contributed by atoms with Crippen LogP contribution in [0.3, 0.4) is 0 Å². The molecule has 0 radical (unpaired) electrons. The fraction of sp³-hybridized carbons (Fsp3) is 0.429. The summed E-state index contributed by atoms with van der Waals surface area (Å²) in [5, 5.41) is 8.51. The smallest absolute Gasteiger partial charge is 0.209 e. The molecule has 0 saturated carbocycles. The van der Waals surface area contributed by atoms with Crippen molar-refractivity contribution in [2.45, 2.75) is 18.9 Å². The van der Waals surface area contributed by atoms with Gasteiger partial charge in [-0.1, -0.05) is 6.08 Å². The zero-order valence-electron chi connectivity index (χ0n) is 5.63. The molecule has 0 bridgehead atoms. The summed E-state index contributed by atoms with van der Waals surface area (Å²) < 4.78 is 12.4. The first kappa shape index (κ1) is 6.94. The van der Waals surface area contributed by atoms with Gasteiger partial charge in [-0.2, -0.15) is 9.65 Å². The first-order valence-electron chi connectivity index (χ1n) is 2.99. The van der Waals surface area contributed by atoms with Gasteiger partial charge in [0.1, 0.15) is 0 Å². The van der Waals surface area contributed by atoms with E-state index in [9.17, 15) is 4.39 Å². The van der Waals surface area contributed by atoms with Gasteiger partial charge in [0.25, 0.3) is 0 Å². The highest BCUT2D eigenvalue weighted by Crippen LogP contribution is 2.19. The summed E-state index contributed by atoms with van der Waals surface area (Å²) in [4.78, 5) is 3.53. The lowest BCUT2D eigenvalue weighted by Gasteiger charge is -2.15. The normalized spacial score (nSPS) is 31.1. The minimum Gasteiger partial charge on any atom is -0.236 e. The van der Waals surface area contributed by atoms with E-state index < -0.39 is 11.5 Å². The Labute approximate surface area is 58.7 Å². The third-order valence-electron chi connectivity index (χ3n) is 1.37. The number of hydrogen-bond acceptors (Lipinski definition) is 2. The zero-order chi connectivity index (χ0) is 7.61. The molecular weight excluding hydrogens is 131 g/mol. The molecule has 0 N–H and O–H groups in total. The Morgan fingerprint density at radius 2 is 2.60 bits per heavy atom. The fourth-order valence-electron chi connectivity index (χ4n) is 0.775. The molecular formula is C7H7FN2. The van der Waals surface area contributed by atoms with Crippen molar-refractivity contribution in [2.75, 3.05) is 0 Å². The van der Waals surface area contributed by atoms with E-state index in [0.29, 0.717) is 6.42 Å². The molecule has 10 heavy (non-hydrogen) atoms. The van der Waals surface area contributed by atoms with E-state index in [1.807, 2.05) is 6.07 Å². The van der Waals surface area contributed by atoms with E-state index >= 15 is 0 Å². The van der Waals surface area contributed by atoms with Crippen LogP contribution in [-0.2, 0) is 0 Å². The number of rotatable bonds is 0. The summed E-state index contributed by atoms with van der Waals surface area (Å²) >= 11 is 0. The largest absolute Gasteiger partial charge is 0.236 e. The number of nitriles is 1. The molecule has 1 rings (SSSR count). The number of aliphatic imine (C=N–C) groups is 1. The van der Waals surface area contributed by atoms with Crippen LogP contribution >= 0.6 is 0 Å². The monoisotopic (exact) mass is 138 g/mol. The molecule has 0 aromatic rings. The second-order valence-electron chi connectivity index (χ2n) is 2.43. The molecule has 1 aliphatic rings. The lowest BCUT2D eigenvalue weighted by molar-refractivity contribution is 0.588. The van der Waals surface area contributed by atoms with Crippen LogP contribution in [0, 0.1) is 11.3 Å². The number of nitrogens with zero attached hydrogens (tertiary/aromatic N) is 2. The van der Waals surface area contributed by atoms with Crippen molar-refractivity contribution in [3.63, 3.8) is 0 Å². The van der Waals surface area contributed by atoms with Crippen molar-refractivity contribution in [3.8, 4) is 6.07 Å². The molecule has 1 aliphatic heterocycles. The second-order valence-corrected chi connectivity index (χ2v) is 2.43. The van der Waals surface area contributed by atoms with Crippen LogP contribution in [0.1, 0.15) is 13.3 Å². The minimum atomic E-state index is -0.876. The predicted molar refractivity (Wildman–Crippen MR) is 36.3 cm³/mol. The Kier molecular flexibility index (Phi) is 1.54. The molecule has 2 nitrogen and oxygen atoms in total. The molecule has 0 aliphatic carbocycles. The Morgan fingerprint density at radius 1 is 1.90 bits per heavy atom. The van der Waals surface area contributed by atoms with E-state index in [-0.39, 0.29) is 0 Å². The van der Waals surface area contributed by atoms with Gasteiger partial charge in [-0.05, 0) is 13.0 Å². The van der Waals surface area contributed by atoms with Crippen molar-refractivity contribution in [1.82, 2.24) is 0 Å². The highest BCUT2D eigenvalue weighted by atomic mass is 19.1. The van der Waals surface area contributed by atoms with Gasteiger partial charge in [-0.15, -0.1) is 0 Å². The number of halogens is 1. The fourth-order valence-corrected chi connectivity index (χ4v) is 0.775. The second kappa shape index (κ2) is 2.22. The molecule has 0 amide bonds. The van der Waals surface area contributed by atoms with Crippen molar-refractivity contribution < 1.29 is 4.39 Å². The first-order chi connectivity index (χ1) is 4.66. The van der Waals surface area contributed by atoms with Gasteiger partial charge in [-0.25, -0.2) is 4.99 Å². The zero-order valence-corrected chi connectivity index (χ0v) is 5.63. The average Bonchev–Trinajstić information content (AvgIpc) is 1.88. The minimum absolute atomic E-state index is 0.497. The summed E-state index contributed by atoms with van der Waals surface area (Å²) in [6.07, 6.45) is 3.39. The molecule has 3 heteroatoms. The van der Waals surface area contributed by atoms with E-state index in [1.54, 1.807) is 13.0 Å². The average molecular weight is 138 g/mol. The summed E-state index contributed by atoms with van der Waals surface area (Å²) in [5.74, 6) is -0.560. The number of hydrogen-bond donors (Lipinski definition) is 0. The van der Waals surface area contributed by atoms with Crippen LogP contribution < -0.4 is 0 Å². The van der Waals surface area contributed by atoms with E-state index in [1.165, 1.54) is 6.08 Å². The van der Waals surface area contributed by atoms with Gasteiger partial charge in [0.15, 0.2) is 5.54 Å². The van der Waals surface area contributed by atoms with Gasteiger partial charge < -0.3 is 0 Å². The molecule has 0 spiro atoms. The van der Waals surface area contributed by atoms with Gasteiger partial charge >= 0.3 is 0 Å². The van der Waals surface area contributed by atoms with E-state index in [2.05, 4.69) is 4.99 Å². The molecule has 0 aromatic heterocycles. The van der Waals surface area contributed by atoms with Crippen LogP contribution in [0.5, 0.6) is 0 Å². The van der Waals surface area contributed by atoms with Gasteiger partial charge in [0.2, 0.25) is 5.97 Å². The van der Waals surface area contributed by atoms with Gasteiger partial charge in [-0.3, -0.25) is 0 Å². The van der Waals surface area contributed by atoms with Crippen molar-refractivity contribution in [3.05, 3.63) is 12.2 Å². The molecule has 0 fully saturated rings. The lowest BCUT2D eigenvalue weighted by atomic mass is 9.99. The predicted octanol–water partition coefficient (Wildman–Crippen LogP) is 1.60. The van der Waals surface area contributed by atoms with Crippen LogP contribution in [0.4, 0.5) is 4.39 Å². The number of allylic oxidation sites excluding steroid dienone is 1. The molecule has 0 aromatic carbocycles. The molecule has 1 heterocycles. The summed E-state index contributed by atoms with van der Waals surface area (Å²) in [6, 6.07) is 1.93. The summed E-state index contributed by atoms with van der Waals surface area (Å²) in [5.41, 5.74) is -0.876. The topological polar surface area (TPSA) is 36.1 Å². The molecule has 52 valence electrons. The summed E-state index contributed by atoms with van der Waals surface area (Å²) in [7, 11) is 0. The Morgan fingerprint density at radius 3 is 3.00 bits per heavy atom. The number of dihydropyridines is 1. The molecule has 1 unspecified atom stereocenters. The Balaban J connectivity index is 2.89. The Bertz CT molecular complexity index is 236. The van der Waals surface area contributed by atoms with Crippen molar-refractivity contribution >= 4 is 5.97 Å². The standard InChI is InChI=1S/C7H7FN2/c1-7(5-9)4-2-3-6(8)10-7/h2-3H,4H2,1H3.